The van der Waals surface area contributed by atoms with Gasteiger partial charge in [-0.2, -0.15) is 4.31 Å². The zero-order valence-corrected chi connectivity index (χ0v) is 16.1. The standard InChI is InChI=1S/C17H22N2O8S/c1-3-4-9-27-11-5-7-12(8-6-11)28(24,25)19-10-13(20)15(21)16(26-2)14(19)17(22)18-23/h5-8,13-16,20-21,23H,9-10H2,1-2H3,(H,18,22)/t13?,14-,15+,16+/m1/s1. The lowest BCUT2D eigenvalue weighted by Crippen LogP contribution is -2.67. The Hall–Kier alpha value is -2.20. The Kier molecular flexibility index (Phi) is 7.36. The summed E-state index contributed by atoms with van der Waals surface area (Å²) in [4.78, 5) is 11.9. The van der Waals surface area contributed by atoms with E-state index in [9.17, 15) is 23.4 Å². The van der Waals surface area contributed by atoms with E-state index in [1.807, 2.05) is 0 Å². The number of nitrogens with zero attached hydrogens (tertiary/aromatic N) is 1. The third-order valence-corrected chi connectivity index (χ3v) is 6.15. The van der Waals surface area contributed by atoms with Crippen LogP contribution in [0.3, 0.4) is 0 Å². The average Bonchev–Trinajstić information content (AvgIpc) is 2.69. The Labute approximate surface area is 162 Å². The van der Waals surface area contributed by atoms with E-state index in [1.54, 1.807) is 6.92 Å². The monoisotopic (exact) mass is 414 g/mol. The molecule has 11 heteroatoms. The SMILES string of the molecule is CC#CCOc1ccc(S(=O)(=O)N2CC(O)[C@H](O)[C@@H](OC)[C@@H]2C(=O)NO)cc1. The summed E-state index contributed by atoms with van der Waals surface area (Å²) in [6.45, 7) is 1.24. The minimum absolute atomic E-state index is 0.146. The number of nitrogens with one attached hydrogen (secondary N) is 1. The molecule has 28 heavy (non-hydrogen) atoms. The van der Waals surface area contributed by atoms with E-state index in [4.69, 9.17) is 14.7 Å². The number of ether oxygens (including phenoxy) is 2. The fraction of sp³-hybridized carbons (Fsp3) is 0.471. The quantitative estimate of drug-likeness (QED) is 0.255. The molecule has 2 rings (SSSR count). The molecule has 0 bridgehead atoms. The Morgan fingerprint density at radius 1 is 1.32 bits per heavy atom. The first-order valence-corrected chi connectivity index (χ1v) is 9.69. The van der Waals surface area contributed by atoms with E-state index in [-0.39, 0.29) is 11.5 Å². The number of hydrogen-bond donors (Lipinski definition) is 4. The highest BCUT2D eigenvalue weighted by Gasteiger charge is 2.51. The number of β-amino-alcohol motifs (C(OH)–C–C–N with tert-alkyl or cyclic N) is 1. The molecule has 1 unspecified atom stereocenters. The molecule has 4 atom stereocenters. The molecule has 0 aromatic heterocycles. The summed E-state index contributed by atoms with van der Waals surface area (Å²) in [5, 5.41) is 29.1. The van der Waals surface area contributed by atoms with Crippen LogP contribution in [0.1, 0.15) is 6.92 Å². The smallest absolute Gasteiger partial charge is 0.264 e. The number of aliphatic hydroxyl groups is 2. The first-order chi connectivity index (χ1) is 13.3. The molecular formula is C17H22N2O8S. The lowest BCUT2D eigenvalue weighted by Gasteiger charge is -2.42. The van der Waals surface area contributed by atoms with Gasteiger partial charge in [0, 0.05) is 13.7 Å². The van der Waals surface area contributed by atoms with Crippen molar-refractivity contribution in [2.24, 2.45) is 0 Å². The molecule has 1 heterocycles. The molecule has 1 fully saturated rings. The van der Waals surface area contributed by atoms with Crippen molar-refractivity contribution >= 4 is 15.9 Å². The number of carbonyl (C=O) groups excluding carboxylic acids is 1. The fourth-order valence-corrected chi connectivity index (χ4v) is 4.49. The normalized spacial score (nSPS) is 25.5. The van der Waals surface area contributed by atoms with Crippen molar-refractivity contribution in [2.45, 2.75) is 36.2 Å². The Morgan fingerprint density at radius 2 is 1.96 bits per heavy atom. The van der Waals surface area contributed by atoms with Crippen LogP contribution in [-0.4, -0.2) is 78.7 Å². The fourth-order valence-electron chi connectivity index (χ4n) is 2.87. The van der Waals surface area contributed by atoms with Crippen molar-refractivity contribution in [2.75, 3.05) is 20.3 Å². The third kappa shape index (κ3) is 4.44. The topological polar surface area (TPSA) is 146 Å². The Balaban J connectivity index is 2.37. The van der Waals surface area contributed by atoms with Crippen molar-refractivity contribution in [1.29, 1.82) is 0 Å². The van der Waals surface area contributed by atoms with Crippen LogP contribution >= 0.6 is 0 Å². The number of piperidine rings is 1. The number of benzene rings is 1. The highest BCUT2D eigenvalue weighted by molar-refractivity contribution is 7.89. The molecule has 0 spiro atoms. The average molecular weight is 414 g/mol. The molecule has 0 saturated carbocycles. The molecule has 4 N–H and O–H groups in total. The van der Waals surface area contributed by atoms with Crippen molar-refractivity contribution in [3.8, 4) is 17.6 Å². The maximum atomic E-state index is 13.1. The van der Waals surface area contributed by atoms with Crippen LogP contribution in [0.25, 0.3) is 0 Å². The summed E-state index contributed by atoms with van der Waals surface area (Å²) >= 11 is 0. The van der Waals surface area contributed by atoms with Gasteiger partial charge in [-0.15, -0.1) is 5.92 Å². The first kappa shape index (κ1) is 22.1. The largest absolute Gasteiger partial charge is 0.481 e. The summed E-state index contributed by atoms with van der Waals surface area (Å²) in [7, 11) is -3.13. The van der Waals surface area contributed by atoms with E-state index in [0.717, 1.165) is 7.11 Å². The predicted molar refractivity (Wildman–Crippen MR) is 95.8 cm³/mol. The van der Waals surface area contributed by atoms with Crippen LogP contribution in [0.4, 0.5) is 0 Å². The van der Waals surface area contributed by atoms with E-state index < -0.39 is 46.8 Å². The predicted octanol–water partition coefficient (Wildman–Crippen LogP) is -1.30. The molecule has 154 valence electrons. The second kappa shape index (κ2) is 9.33. The van der Waals surface area contributed by atoms with Crippen molar-refractivity contribution in [3.63, 3.8) is 0 Å². The number of carbonyl (C=O) groups is 1. The van der Waals surface area contributed by atoms with Crippen molar-refractivity contribution < 1.29 is 38.1 Å². The van der Waals surface area contributed by atoms with Gasteiger partial charge < -0.3 is 19.7 Å². The van der Waals surface area contributed by atoms with Crippen LogP contribution in [0.2, 0.25) is 0 Å². The van der Waals surface area contributed by atoms with Gasteiger partial charge in [0.2, 0.25) is 10.0 Å². The van der Waals surface area contributed by atoms with Gasteiger partial charge in [0.05, 0.1) is 11.0 Å². The first-order valence-electron chi connectivity index (χ1n) is 8.25. The molecule has 1 aliphatic heterocycles. The Bertz CT molecular complexity index is 846. The Morgan fingerprint density at radius 3 is 2.50 bits per heavy atom. The van der Waals surface area contributed by atoms with E-state index in [0.29, 0.717) is 10.1 Å². The summed E-state index contributed by atoms with van der Waals surface area (Å²) in [5.41, 5.74) is 1.38. The molecule has 10 nitrogen and oxygen atoms in total. The second-order valence-corrected chi connectivity index (χ2v) is 7.83. The van der Waals surface area contributed by atoms with Gasteiger partial charge >= 0.3 is 0 Å². The van der Waals surface area contributed by atoms with Crippen LogP contribution in [-0.2, 0) is 19.6 Å². The van der Waals surface area contributed by atoms with Gasteiger partial charge in [0.25, 0.3) is 5.91 Å². The van der Waals surface area contributed by atoms with E-state index >= 15 is 0 Å². The van der Waals surface area contributed by atoms with Gasteiger partial charge in [-0.05, 0) is 31.2 Å². The molecule has 1 aromatic carbocycles. The van der Waals surface area contributed by atoms with Crippen LogP contribution in [0.15, 0.2) is 29.2 Å². The maximum absolute atomic E-state index is 13.1. The van der Waals surface area contributed by atoms with E-state index in [1.165, 1.54) is 29.7 Å². The highest BCUT2D eigenvalue weighted by atomic mass is 32.2. The van der Waals surface area contributed by atoms with Gasteiger partial charge in [0.1, 0.15) is 30.6 Å². The number of methoxy groups -OCH3 is 1. The van der Waals surface area contributed by atoms with Crippen LogP contribution < -0.4 is 10.2 Å². The van der Waals surface area contributed by atoms with E-state index in [2.05, 4.69) is 11.8 Å². The van der Waals surface area contributed by atoms with Crippen LogP contribution in [0, 0.1) is 11.8 Å². The number of aliphatic hydroxyl groups excluding tert-OH is 2. The van der Waals surface area contributed by atoms with Gasteiger partial charge in [-0.25, -0.2) is 13.9 Å². The summed E-state index contributed by atoms with van der Waals surface area (Å²) in [5.74, 6) is 4.67. The van der Waals surface area contributed by atoms with Gasteiger partial charge in [0.15, 0.2) is 0 Å². The lowest BCUT2D eigenvalue weighted by molar-refractivity contribution is -0.159. The van der Waals surface area contributed by atoms with Gasteiger partial charge in [-0.3, -0.25) is 10.0 Å². The molecule has 1 amide bonds. The minimum Gasteiger partial charge on any atom is -0.481 e. The van der Waals surface area contributed by atoms with Gasteiger partial charge in [-0.1, -0.05) is 5.92 Å². The van der Waals surface area contributed by atoms with Crippen molar-refractivity contribution in [3.05, 3.63) is 24.3 Å². The number of hydroxylamine groups is 1. The third-order valence-electron chi connectivity index (χ3n) is 4.29. The number of sulfonamides is 1. The number of rotatable bonds is 6. The lowest BCUT2D eigenvalue weighted by atomic mass is 9.95. The zero-order valence-electron chi connectivity index (χ0n) is 15.3. The van der Waals surface area contributed by atoms with Crippen molar-refractivity contribution in [1.82, 2.24) is 9.79 Å². The van der Waals surface area contributed by atoms with Crippen LogP contribution in [0.5, 0.6) is 5.75 Å². The number of hydrogen-bond acceptors (Lipinski definition) is 8. The molecule has 0 aliphatic carbocycles. The molecular weight excluding hydrogens is 392 g/mol. The summed E-state index contributed by atoms with van der Waals surface area (Å²) < 4.78 is 37.1. The minimum atomic E-state index is -4.28. The summed E-state index contributed by atoms with van der Waals surface area (Å²) in [6, 6.07) is 3.81. The maximum Gasteiger partial charge on any atom is 0.264 e. The molecule has 1 aromatic rings. The zero-order chi connectivity index (χ0) is 20.9. The molecule has 1 aliphatic rings. The molecule has 1 saturated heterocycles. The molecule has 0 radical (unpaired) electrons. The summed E-state index contributed by atoms with van der Waals surface area (Å²) in [6.07, 6.45) is -4.40. The number of amides is 1. The second-order valence-electron chi connectivity index (χ2n) is 5.94. The highest BCUT2D eigenvalue weighted by Crippen LogP contribution is 2.29.